The van der Waals surface area contributed by atoms with Crippen molar-refractivity contribution in [3.63, 3.8) is 0 Å². The highest BCUT2D eigenvalue weighted by Gasteiger charge is 2.21. The van der Waals surface area contributed by atoms with E-state index >= 15 is 0 Å². The number of pyridine rings is 1. The summed E-state index contributed by atoms with van der Waals surface area (Å²) in [5, 5.41) is 2.44. The molecule has 1 N–H and O–H groups in total. The van der Waals surface area contributed by atoms with Crippen LogP contribution in [-0.2, 0) is 6.42 Å². The number of hydrogen-bond donors (Lipinski definition) is 1. The monoisotopic (exact) mass is 432 g/mol. The van der Waals surface area contributed by atoms with Gasteiger partial charge in [-0.2, -0.15) is 4.37 Å². The van der Waals surface area contributed by atoms with E-state index < -0.39 is 0 Å². The number of para-hydroxylation sites is 1. The molecule has 4 aromatic rings. The Morgan fingerprint density at radius 3 is 2.61 bits per heavy atom. The largest absolute Gasteiger partial charge is 0.353 e. The molecule has 6 heteroatoms. The maximum atomic E-state index is 12.2. The van der Waals surface area contributed by atoms with E-state index in [1.165, 1.54) is 21.0 Å². The normalized spacial score (nSPS) is 15.4. The molecule has 5 rings (SSSR count). The number of rotatable bonds is 5. The molecule has 0 radical (unpaired) electrons. The molecule has 1 aliphatic heterocycles. The van der Waals surface area contributed by atoms with E-state index in [0.29, 0.717) is 5.92 Å². The third-order valence-corrected chi connectivity index (χ3v) is 7.16. The highest BCUT2D eigenvalue weighted by atomic mass is 32.1. The van der Waals surface area contributed by atoms with E-state index in [9.17, 15) is 4.79 Å². The zero-order chi connectivity index (χ0) is 21.4. The fourth-order valence-corrected chi connectivity index (χ4v) is 5.41. The second-order valence-corrected chi connectivity index (χ2v) is 9.47. The maximum absolute atomic E-state index is 12.2. The second-order valence-electron chi connectivity index (χ2n) is 8.66. The Balaban J connectivity index is 1.28. The number of nitrogens with one attached hydrogen (secondary N) is 1. The predicted molar refractivity (Wildman–Crippen MR) is 131 cm³/mol. The molecule has 5 nitrogen and oxygen atoms in total. The molecule has 0 amide bonds. The van der Waals surface area contributed by atoms with Crippen molar-refractivity contribution < 1.29 is 0 Å². The van der Waals surface area contributed by atoms with Gasteiger partial charge in [0.1, 0.15) is 5.82 Å². The van der Waals surface area contributed by atoms with Crippen LogP contribution in [0, 0.1) is 0 Å². The first-order chi connectivity index (χ1) is 15.1. The van der Waals surface area contributed by atoms with Gasteiger partial charge in [0.25, 0.3) is 0 Å². The van der Waals surface area contributed by atoms with Crippen LogP contribution < -0.4 is 10.5 Å². The van der Waals surface area contributed by atoms with Crippen LogP contribution in [0.1, 0.15) is 30.9 Å². The first-order valence-electron chi connectivity index (χ1n) is 11.1. The molecule has 0 spiro atoms. The van der Waals surface area contributed by atoms with E-state index in [2.05, 4.69) is 71.1 Å². The Morgan fingerprint density at radius 1 is 1.03 bits per heavy atom. The zero-order valence-corrected chi connectivity index (χ0v) is 18.9. The molecule has 1 aliphatic rings. The van der Waals surface area contributed by atoms with Crippen LogP contribution in [0.15, 0.2) is 53.3 Å². The average Bonchev–Trinajstić information content (AvgIpc) is 3.21. The fourth-order valence-electron chi connectivity index (χ4n) is 4.62. The first-order valence-corrected chi connectivity index (χ1v) is 11.8. The molecule has 0 atom stereocenters. The van der Waals surface area contributed by atoms with Crippen LogP contribution in [0.4, 0.5) is 5.82 Å². The second kappa shape index (κ2) is 8.44. The highest BCUT2D eigenvalue weighted by Crippen LogP contribution is 2.30. The summed E-state index contributed by atoms with van der Waals surface area (Å²) in [6.45, 7) is 9.35. The Labute approximate surface area is 186 Å². The number of aromatic nitrogens is 2. The van der Waals surface area contributed by atoms with Crippen LogP contribution in [0.2, 0.25) is 0 Å². The lowest BCUT2D eigenvalue weighted by molar-refractivity contribution is 0.261. The summed E-state index contributed by atoms with van der Waals surface area (Å²) in [5.41, 5.74) is 3.36. The minimum absolute atomic E-state index is 0.00671. The third kappa shape index (κ3) is 3.98. The molecule has 160 valence electrons. The number of anilines is 1. The molecule has 1 fully saturated rings. The molecule has 3 heterocycles. The lowest BCUT2D eigenvalue weighted by atomic mass is 9.96. The fraction of sp³-hybridized carbons (Fsp3) is 0.360. The quantitative estimate of drug-likeness (QED) is 0.500. The van der Waals surface area contributed by atoms with Crippen LogP contribution in [-0.4, -0.2) is 47.0 Å². The minimum atomic E-state index is -0.00671. The summed E-state index contributed by atoms with van der Waals surface area (Å²) in [4.78, 5) is 20.3. The van der Waals surface area contributed by atoms with Crippen molar-refractivity contribution in [2.45, 2.75) is 26.2 Å². The van der Waals surface area contributed by atoms with Crippen LogP contribution in [0.3, 0.4) is 0 Å². The molecule has 0 unspecified atom stereocenters. The van der Waals surface area contributed by atoms with Gasteiger partial charge < -0.3 is 9.88 Å². The van der Waals surface area contributed by atoms with Crippen molar-refractivity contribution in [2.75, 3.05) is 37.6 Å². The Hall–Kier alpha value is -2.70. The van der Waals surface area contributed by atoms with Gasteiger partial charge >= 0.3 is 0 Å². The van der Waals surface area contributed by atoms with Gasteiger partial charge in [-0.05, 0) is 47.1 Å². The van der Waals surface area contributed by atoms with Crippen molar-refractivity contribution in [3.05, 3.63) is 70.0 Å². The lowest BCUT2D eigenvalue weighted by Gasteiger charge is -2.35. The molecule has 2 aromatic heterocycles. The summed E-state index contributed by atoms with van der Waals surface area (Å²) in [6, 6.07) is 16.6. The number of fused-ring (bicyclic) bond motifs is 2. The summed E-state index contributed by atoms with van der Waals surface area (Å²) in [5.74, 6) is 1.46. The average molecular weight is 433 g/mol. The van der Waals surface area contributed by atoms with Crippen LogP contribution >= 0.6 is 11.5 Å². The molecule has 0 saturated carbocycles. The Kier molecular flexibility index (Phi) is 5.50. The molecule has 31 heavy (non-hydrogen) atoms. The van der Waals surface area contributed by atoms with Gasteiger partial charge in [0.05, 0.1) is 10.2 Å². The lowest BCUT2D eigenvalue weighted by Crippen LogP contribution is -2.47. The van der Waals surface area contributed by atoms with Crippen molar-refractivity contribution in [3.8, 4) is 0 Å². The summed E-state index contributed by atoms with van der Waals surface area (Å²) >= 11 is 1.59. The molecular weight excluding hydrogens is 404 g/mol. The number of benzene rings is 2. The molecular formula is C25H28N4OS. The number of aromatic amines is 1. The molecule has 2 aromatic carbocycles. The first kappa shape index (κ1) is 20.2. The van der Waals surface area contributed by atoms with Crippen LogP contribution in [0.25, 0.3) is 21.0 Å². The van der Waals surface area contributed by atoms with E-state index in [0.717, 1.165) is 56.0 Å². The van der Waals surface area contributed by atoms with Crippen molar-refractivity contribution in [2.24, 2.45) is 0 Å². The van der Waals surface area contributed by atoms with Gasteiger partial charge in [0.15, 0.2) is 0 Å². The summed E-state index contributed by atoms with van der Waals surface area (Å²) in [6.07, 6.45) is 0.939. The number of hydrogen-bond acceptors (Lipinski definition) is 5. The minimum Gasteiger partial charge on any atom is -0.353 e. The summed E-state index contributed by atoms with van der Waals surface area (Å²) < 4.78 is 5.97. The van der Waals surface area contributed by atoms with Gasteiger partial charge in [-0.3, -0.25) is 9.69 Å². The highest BCUT2D eigenvalue weighted by molar-refractivity contribution is 7.13. The Morgan fingerprint density at radius 2 is 1.81 bits per heavy atom. The van der Waals surface area contributed by atoms with Crippen molar-refractivity contribution in [1.29, 1.82) is 0 Å². The topological polar surface area (TPSA) is 52.2 Å². The zero-order valence-electron chi connectivity index (χ0n) is 18.1. The van der Waals surface area contributed by atoms with Gasteiger partial charge in [-0.1, -0.05) is 44.2 Å². The third-order valence-electron chi connectivity index (χ3n) is 6.35. The van der Waals surface area contributed by atoms with Gasteiger partial charge in [0, 0.05) is 49.6 Å². The standard InChI is InChI=1S/C25H28N4OS/c1-17(2)21-16-23(30)26-24-18(6-5-8-19(21)24)10-11-28-12-14-29(15-13-28)25-20-7-3-4-9-22(20)31-27-25/h3-9,16-17H,10-15H2,1-2H3,(H,26,30). The van der Waals surface area contributed by atoms with Crippen molar-refractivity contribution >= 4 is 38.3 Å². The van der Waals surface area contributed by atoms with E-state index in [4.69, 9.17) is 4.37 Å². The molecule has 0 aliphatic carbocycles. The number of piperazine rings is 1. The molecule has 0 bridgehead atoms. The van der Waals surface area contributed by atoms with E-state index in [1.807, 2.05) is 0 Å². The predicted octanol–water partition coefficient (Wildman–Crippen LogP) is 4.63. The smallest absolute Gasteiger partial charge is 0.248 e. The van der Waals surface area contributed by atoms with Crippen molar-refractivity contribution in [1.82, 2.24) is 14.3 Å². The SMILES string of the molecule is CC(C)c1cc(=O)[nH]c2c(CCN3CCN(c4nsc5ccccc45)CC3)cccc12. The van der Waals surface area contributed by atoms with E-state index in [1.54, 1.807) is 17.6 Å². The number of H-pyrrole nitrogens is 1. The van der Waals surface area contributed by atoms with Gasteiger partial charge in [0.2, 0.25) is 5.56 Å². The van der Waals surface area contributed by atoms with Gasteiger partial charge in [-0.15, -0.1) is 0 Å². The maximum Gasteiger partial charge on any atom is 0.248 e. The van der Waals surface area contributed by atoms with Gasteiger partial charge in [-0.25, -0.2) is 0 Å². The Bertz CT molecular complexity index is 1270. The molecule has 1 saturated heterocycles. The van der Waals surface area contributed by atoms with E-state index in [-0.39, 0.29) is 5.56 Å². The van der Waals surface area contributed by atoms with Crippen LogP contribution in [0.5, 0.6) is 0 Å². The number of nitrogens with zero attached hydrogens (tertiary/aromatic N) is 3. The summed E-state index contributed by atoms with van der Waals surface area (Å²) in [7, 11) is 0.